The van der Waals surface area contributed by atoms with E-state index in [1.807, 2.05) is 0 Å². The molecule has 0 spiro atoms. The van der Waals surface area contributed by atoms with Crippen LogP contribution >= 0.6 is 24.8 Å². The van der Waals surface area contributed by atoms with Crippen LogP contribution < -0.4 is 11.3 Å². The van der Waals surface area contributed by atoms with E-state index in [9.17, 15) is 9.59 Å². The van der Waals surface area contributed by atoms with Gasteiger partial charge in [0.2, 0.25) is 0 Å². The van der Waals surface area contributed by atoms with Gasteiger partial charge in [0.25, 0.3) is 5.56 Å². The minimum absolute atomic E-state index is 0. The Hall–Kier alpha value is -0.980. The number of carbonyl (C=O) groups is 1. The van der Waals surface area contributed by atoms with Gasteiger partial charge in [-0.3, -0.25) is 14.7 Å². The van der Waals surface area contributed by atoms with Crippen molar-refractivity contribution in [2.45, 2.75) is 12.5 Å². The fourth-order valence-corrected chi connectivity index (χ4v) is 0.958. The van der Waals surface area contributed by atoms with E-state index in [2.05, 4.69) is 14.9 Å². The van der Waals surface area contributed by atoms with E-state index in [4.69, 9.17) is 5.73 Å². The van der Waals surface area contributed by atoms with Crippen molar-refractivity contribution in [3.05, 3.63) is 22.1 Å². The Morgan fingerprint density at radius 3 is 2.60 bits per heavy atom. The summed E-state index contributed by atoms with van der Waals surface area (Å²) < 4.78 is 4.41. The van der Waals surface area contributed by atoms with Gasteiger partial charge in [0, 0.05) is 18.2 Å². The summed E-state index contributed by atoms with van der Waals surface area (Å²) in [5, 5.41) is 4.86. The lowest BCUT2D eigenvalue weighted by atomic mass is 10.1. The summed E-state index contributed by atoms with van der Waals surface area (Å²) in [7, 11) is 1.25. The molecule has 1 heterocycles. The Morgan fingerprint density at radius 2 is 2.20 bits per heavy atom. The topological polar surface area (TPSA) is 101 Å². The molecule has 0 aliphatic heterocycles. The summed E-state index contributed by atoms with van der Waals surface area (Å²) in [6, 6.07) is -0.790. The third kappa shape index (κ3) is 4.37. The maximum Gasteiger partial charge on any atom is 0.322 e. The quantitative estimate of drug-likeness (QED) is 0.641. The molecule has 15 heavy (non-hydrogen) atoms. The number of aromatic nitrogens is 2. The number of methoxy groups -OCH3 is 1. The number of esters is 1. The first-order chi connectivity index (χ1) is 6.15. The van der Waals surface area contributed by atoms with Crippen LogP contribution in [0.25, 0.3) is 0 Å². The van der Waals surface area contributed by atoms with Gasteiger partial charge >= 0.3 is 5.97 Å². The van der Waals surface area contributed by atoms with Crippen LogP contribution in [0, 0.1) is 0 Å². The maximum atomic E-state index is 11.0. The molecule has 4 N–H and O–H groups in total. The maximum absolute atomic E-state index is 11.0. The molecule has 0 fully saturated rings. The number of hydrogen-bond donors (Lipinski definition) is 3. The highest BCUT2D eigenvalue weighted by Gasteiger charge is 2.15. The molecule has 0 unspecified atom stereocenters. The standard InChI is InChI=1S/C7H11N3O3.2ClH/c1-13-7(12)5(8)2-4-3-9-10-6(4)11;;/h3,5H,2,8H2,1H3,(H2,9,10,11);2*1H/t5-;;/m1../s1. The minimum Gasteiger partial charge on any atom is -0.468 e. The Kier molecular flexibility index (Phi) is 8.04. The Labute approximate surface area is 98.4 Å². The highest BCUT2D eigenvalue weighted by atomic mass is 35.5. The Morgan fingerprint density at radius 1 is 1.60 bits per heavy atom. The molecular formula is C7H13Cl2N3O3. The highest BCUT2D eigenvalue weighted by Crippen LogP contribution is 1.94. The Bertz CT molecular complexity index is 349. The molecule has 1 rings (SSSR count). The van der Waals surface area contributed by atoms with Crippen LogP contribution in [-0.4, -0.2) is 29.3 Å². The fraction of sp³-hybridized carbons (Fsp3) is 0.429. The smallest absolute Gasteiger partial charge is 0.322 e. The van der Waals surface area contributed by atoms with Crippen molar-refractivity contribution in [3.8, 4) is 0 Å². The number of halogens is 2. The second-order valence-electron chi connectivity index (χ2n) is 2.60. The minimum atomic E-state index is -0.790. The van der Waals surface area contributed by atoms with E-state index in [1.54, 1.807) is 0 Å². The van der Waals surface area contributed by atoms with Crippen LogP contribution in [-0.2, 0) is 16.0 Å². The molecule has 1 atom stereocenters. The average molecular weight is 258 g/mol. The van der Waals surface area contributed by atoms with Crippen molar-refractivity contribution in [2.24, 2.45) is 5.73 Å². The second-order valence-corrected chi connectivity index (χ2v) is 2.60. The van der Waals surface area contributed by atoms with Crippen molar-refractivity contribution in [3.63, 3.8) is 0 Å². The molecule has 0 aliphatic rings. The summed E-state index contributed by atoms with van der Waals surface area (Å²) in [5.41, 5.74) is 5.62. The molecule has 1 aromatic heterocycles. The number of ether oxygens (including phenoxy) is 1. The fourth-order valence-electron chi connectivity index (χ4n) is 0.958. The number of nitrogens with two attached hydrogens (primary N) is 1. The predicted octanol–water partition coefficient (Wildman–Crippen LogP) is -0.411. The van der Waals surface area contributed by atoms with Crippen molar-refractivity contribution >= 4 is 30.8 Å². The zero-order valence-corrected chi connectivity index (χ0v) is 9.61. The van der Waals surface area contributed by atoms with Crippen LogP contribution in [0.4, 0.5) is 0 Å². The number of aromatic amines is 2. The monoisotopic (exact) mass is 257 g/mol. The molecule has 0 saturated carbocycles. The molecule has 8 heteroatoms. The van der Waals surface area contributed by atoms with E-state index in [0.29, 0.717) is 5.56 Å². The van der Waals surface area contributed by atoms with Crippen LogP contribution in [0.5, 0.6) is 0 Å². The van der Waals surface area contributed by atoms with Crippen LogP contribution in [0.2, 0.25) is 0 Å². The van der Waals surface area contributed by atoms with Crippen LogP contribution in [0.3, 0.4) is 0 Å². The molecule has 6 nitrogen and oxygen atoms in total. The van der Waals surface area contributed by atoms with Gasteiger partial charge in [-0.2, -0.15) is 0 Å². The molecule has 0 aromatic carbocycles. The zero-order valence-electron chi connectivity index (χ0n) is 7.98. The molecule has 0 bridgehead atoms. The molecular weight excluding hydrogens is 245 g/mol. The molecule has 0 saturated heterocycles. The lowest BCUT2D eigenvalue weighted by Crippen LogP contribution is -2.34. The Balaban J connectivity index is 0. The third-order valence-corrected chi connectivity index (χ3v) is 1.67. The van der Waals surface area contributed by atoms with Gasteiger partial charge in [-0.15, -0.1) is 24.8 Å². The first-order valence-corrected chi connectivity index (χ1v) is 3.73. The van der Waals surface area contributed by atoms with Crippen molar-refractivity contribution in [2.75, 3.05) is 7.11 Å². The van der Waals surface area contributed by atoms with Crippen molar-refractivity contribution in [1.82, 2.24) is 10.2 Å². The highest BCUT2D eigenvalue weighted by molar-refractivity contribution is 5.85. The van der Waals surface area contributed by atoms with Gasteiger partial charge in [-0.05, 0) is 0 Å². The average Bonchev–Trinajstić information content (AvgIpc) is 2.50. The van der Waals surface area contributed by atoms with Gasteiger partial charge in [-0.25, -0.2) is 0 Å². The number of H-pyrrole nitrogens is 2. The third-order valence-electron chi connectivity index (χ3n) is 1.67. The molecule has 88 valence electrons. The summed E-state index contributed by atoms with van der Waals surface area (Å²) in [6.07, 6.45) is 1.65. The second kappa shape index (κ2) is 7.33. The van der Waals surface area contributed by atoms with E-state index >= 15 is 0 Å². The van der Waals surface area contributed by atoms with E-state index in [1.165, 1.54) is 13.3 Å². The predicted molar refractivity (Wildman–Crippen MR) is 59.6 cm³/mol. The number of rotatable bonds is 3. The number of nitrogens with one attached hydrogen (secondary N) is 2. The summed E-state index contributed by atoms with van der Waals surface area (Å²) in [6.45, 7) is 0. The number of hydrogen-bond acceptors (Lipinski definition) is 4. The normalized spacial score (nSPS) is 10.8. The SMILES string of the molecule is COC(=O)[C@H](N)Cc1c[nH][nH]c1=O.Cl.Cl. The summed E-state index contributed by atoms with van der Waals surface area (Å²) in [4.78, 5) is 21.9. The zero-order chi connectivity index (χ0) is 9.84. The first kappa shape index (κ1) is 16.4. The van der Waals surface area contributed by atoms with Crippen molar-refractivity contribution < 1.29 is 9.53 Å². The molecule has 1 aromatic rings. The number of carbonyl (C=O) groups excluding carboxylic acids is 1. The van der Waals surface area contributed by atoms with E-state index in [-0.39, 0.29) is 36.8 Å². The lowest BCUT2D eigenvalue weighted by Gasteiger charge is -2.05. The summed E-state index contributed by atoms with van der Waals surface area (Å²) >= 11 is 0. The molecule has 0 aliphatic carbocycles. The van der Waals surface area contributed by atoms with Gasteiger partial charge < -0.3 is 15.6 Å². The van der Waals surface area contributed by atoms with Gasteiger partial charge in [0.15, 0.2) is 0 Å². The van der Waals surface area contributed by atoms with Crippen LogP contribution in [0.1, 0.15) is 5.56 Å². The molecule has 0 amide bonds. The first-order valence-electron chi connectivity index (χ1n) is 3.73. The van der Waals surface area contributed by atoms with Gasteiger partial charge in [0.05, 0.1) is 7.11 Å². The van der Waals surface area contributed by atoms with Crippen LogP contribution in [0.15, 0.2) is 11.0 Å². The van der Waals surface area contributed by atoms with E-state index in [0.717, 1.165) is 0 Å². The van der Waals surface area contributed by atoms with Gasteiger partial charge in [-0.1, -0.05) is 0 Å². The van der Waals surface area contributed by atoms with Gasteiger partial charge in [0.1, 0.15) is 6.04 Å². The molecule has 0 radical (unpaired) electrons. The summed E-state index contributed by atoms with van der Waals surface area (Å²) in [5.74, 6) is -0.527. The van der Waals surface area contributed by atoms with E-state index < -0.39 is 12.0 Å². The largest absolute Gasteiger partial charge is 0.468 e. The van der Waals surface area contributed by atoms with Crippen molar-refractivity contribution in [1.29, 1.82) is 0 Å². The lowest BCUT2D eigenvalue weighted by molar-refractivity contribution is -0.142.